The molecule has 0 amide bonds. The van der Waals surface area contributed by atoms with Gasteiger partial charge in [-0.15, -0.1) is 0 Å². The Labute approximate surface area is 113 Å². The third kappa shape index (κ3) is 3.26. The number of para-hydroxylation sites is 1. The molecule has 1 heterocycles. The van der Waals surface area contributed by atoms with E-state index in [9.17, 15) is 9.90 Å². The van der Waals surface area contributed by atoms with Gasteiger partial charge in [0.15, 0.2) is 0 Å². The zero-order chi connectivity index (χ0) is 13.7. The number of anilines is 1. The van der Waals surface area contributed by atoms with Crippen molar-refractivity contribution in [2.24, 2.45) is 0 Å². The average molecular weight is 263 g/mol. The number of hydrogen-bond donors (Lipinski definition) is 2. The minimum absolute atomic E-state index is 0.248. The summed E-state index contributed by atoms with van der Waals surface area (Å²) in [4.78, 5) is 13.5. The van der Waals surface area contributed by atoms with E-state index in [0.29, 0.717) is 6.42 Å². The van der Waals surface area contributed by atoms with Gasteiger partial charge in [-0.05, 0) is 37.3 Å². The number of aliphatic hydroxyl groups is 1. The summed E-state index contributed by atoms with van der Waals surface area (Å²) in [5.41, 5.74) is 1.99. The normalized spacial score (nSPS) is 18.2. The number of carbonyl (C=O) groups is 1. The second-order valence-corrected chi connectivity index (χ2v) is 5.01. The van der Waals surface area contributed by atoms with Crippen LogP contribution in [0, 0.1) is 0 Å². The van der Waals surface area contributed by atoms with Crippen LogP contribution < -0.4 is 4.90 Å². The Morgan fingerprint density at radius 3 is 2.79 bits per heavy atom. The van der Waals surface area contributed by atoms with Gasteiger partial charge in [-0.25, -0.2) is 0 Å². The quantitative estimate of drug-likeness (QED) is 0.773. The van der Waals surface area contributed by atoms with Gasteiger partial charge in [0.2, 0.25) is 0 Å². The summed E-state index contributed by atoms with van der Waals surface area (Å²) >= 11 is 0. The zero-order valence-electron chi connectivity index (χ0n) is 11.1. The number of carboxylic acids is 1. The molecule has 0 bridgehead atoms. The van der Waals surface area contributed by atoms with Gasteiger partial charge in [0.05, 0.1) is 5.92 Å². The molecule has 0 aromatic heterocycles. The first-order chi connectivity index (χ1) is 9.24. The van der Waals surface area contributed by atoms with E-state index in [0.717, 1.165) is 43.6 Å². The van der Waals surface area contributed by atoms with Crippen LogP contribution in [0.2, 0.25) is 0 Å². The number of aliphatic hydroxyl groups excluding tert-OH is 1. The van der Waals surface area contributed by atoms with E-state index in [1.165, 1.54) is 0 Å². The molecular formula is C15H21NO3. The highest BCUT2D eigenvalue weighted by Crippen LogP contribution is 2.35. The lowest BCUT2D eigenvalue weighted by molar-refractivity contribution is -0.139. The van der Waals surface area contributed by atoms with E-state index in [2.05, 4.69) is 4.90 Å². The summed E-state index contributed by atoms with van der Waals surface area (Å²) in [7, 11) is 0. The molecule has 1 aromatic carbocycles. The molecule has 0 saturated carbocycles. The van der Waals surface area contributed by atoms with Gasteiger partial charge >= 0.3 is 5.97 Å². The van der Waals surface area contributed by atoms with Gasteiger partial charge in [-0.2, -0.15) is 0 Å². The molecule has 1 aliphatic rings. The molecule has 1 aliphatic heterocycles. The third-order valence-corrected chi connectivity index (χ3v) is 3.72. The summed E-state index contributed by atoms with van der Waals surface area (Å²) in [6.07, 6.45) is 3.56. The molecule has 19 heavy (non-hydrogen) atoms. The van der Waals surface area contributed by atoms with Crippen molar-refractivity contribution < 1.29 is 15.0 Å². The molecule has 2 rings (SSSR count). The largest absolute Gasteiger partial charge is 0.481 e. The predicted octanol–water partition coefficient (Wildman–Crippen LogP) is 2.23. The van der Waals surface area contributed by atoms with Gasteiger partial charge in [-0.3, -0.25) is 4.79 Å². The second kappa shape index (κ2) is 6.57. The van der Waals surface area contributed by atoms with E-state index >= 15 is 0 Å². The van der Waals surface area contributed by atoms with Gasteiger partial charge < -0.3 is 15.1 Å². The van der Waals surface area contributed by atoms with Crippen LogP contribution >= 0.6 is 0 Å². The molecule has 4 nitrogen and oxygen atoms in total. The van der Waals surface area contributed by atoms with Gasteiger partial charge in [0, 0.05) is 25.4 Å². The monoisotopic (exact) mass is 263 g/mol. The van der Waals surface area contributed by atoms with E-state index in [1.54, 1.807) is 0 Å². The first kappa shape index (κ1) is 13.9. The van der Waals surface area contributed by atoms with Crippen LogP contribution in [0.15, 0.2) is 24.3 Å². The highest BCUT2D eigenvalue weighted by molar-refractivity contribution is 5.80. The number of rotatable bonds is 6. The Balaban J connectivity index is 2.07. The minimum Gasteiger partial charge on any atom is -0.481 e. The Morgan fingerprint density at radius 2 is 2.05 bits per heavy atom. The van der Waals surface area contributed by atoms with Crippen LogP contribution in [-0.4, -0.2) is 35.9 Å². The maximum Gasteiger partial charge on any atom is 0.311 e. The fourth-order valence-corrected chi connectivity index (χ4v) is 2.71. The van der Waals surface area contributed by atoms with Crippen molar-refractivity contribution >= 4 is 11.7 Å². The average Bonchev–Trinajstić information content (AvgIpc) is 2.43. The molecule has 0 aliphatic carbocycles. The number of hydrogen-bond acceptors (Lipinski definition) is 3. The number of carboxylic acid groups (broad SMARTS) is 1. The molecule has 1 atom stereocenters. The van der Waals surface area contributed by atoms with E-state index in [1.807, 2.05) is 24.3 Å². The highest BCUT2D eigenvalue weighted by Gasteiger charge is 2.29. The molecule has 0 radical (unpaired) electrons. The van der Waals surface area contributed by atoms with Crippen molar-refractivity contribution in [3.8, 4) is 0 Å². The van der Waals surface area contributed by atoms with Crippen molar-refractivity contribution in [3.05, 3.63) is 29.8 Å². The van der Waals surface area contributed by atoms with Crippen LogP contribution in [0.5, 0.6) is 0 Å². The topological polar surface area (TPSA) is 60.8 Å². The second-order valence-electron chi connectivity index (χ2n) is 5.01. The van der Waals surface area contributed by atoms with Gasteiger partial charge in [-0.1, -0.05) is 18.2 Å². The Bertz CT molecular complexity index is 433. The number of fused-ring (bicyclic) bond motifs is 1. The summed E-state index contributed by atoms with van der Waals surface area (Å²) in [6, 6.07) is 7.80. The fourth-order valence-electron chi connectivity index (χ4n) is 2.71. The summed E-state index contributed by atoms with van der Waals surface area (Å²) in [5, 5.41) is 18.0. The zero-order valence-corrected chi connectivity index (χ0v) is 11.1. The maximum atomic E-state index is 11.3. The highest BCUT2D eigenvalue weighted by atomic mass is 16.4. The molecule has 2 N–H and O–H groups in total. The van der Waals surface area contributed by atoms with Crippen molar-refractivity contribution in [1.29, 1.82) is 0 Å². The van der Waals surface area contributed by atoms with Crippen LogP contribution in [-0.2, 0) is 4.79 Å². The maximum absolute atomic E-state index is 11.3. The lowest BCUT2D eigenvalue weighted by Gasteiger charge is -2.34. The third-order valence-electron chi connectivity index (χ3n) is 3.72. The Hall–Kier alpha value is -1.55. The molecular weight excluding hydrogens is 242 g/mol. The van der Waals surface area contributed by atoms with E-state index < -0.39 is 5.97 Å². The summed E-state index contributed by atoms with van der Waals surface area (Å²) in [6.45, 7) is 1.98. The molecule has 1 unspecified atom stereocenters. The number of nitrogens with zero attached hydrogens (tertiary/aromatic N) is 1. The summed E-state index contributed by atoms with van der Waals surface area (Å²) in [5.74, 6) is -1.10. The van der Waals surface area contributed by atoms with Crippen molar-refractivity contribution in [2.45, 2.75) is 31.6 Å². The van der Waals surface area contributed by atoms with E-state index in [4.69, 9.17) is 5.11 Å². The Morgan fingerprint density at radius 1 is 1.26 bits per heavy atom. The fraction of sp³-hybridized carbons (Fsp3) is 0.533. The van der Waals surface area contributed by atoms with Crippen LogP contribution in [0.25, 0.3) is 0 Å². The lowest BCUT2D eigenvalue weighted by atomic mass is 9.90. The Kier molecular flexibility index (Phi) is 4.80. The smallest absolute Gasteiger partial charge is 0.311 e. The molecule has 4 heteroatoms. The number of benzene rings is 1. The summed E-state index contributed by atoms with van der Waals surface area (Å²) < 4.78 is 0. The number of aliphatic carboxylic acids is 1. The standard InChI is InChI=1S/C15H21NO3/c17-11-5-1-4-9-16-10-8-13(15(18)19)12-6-2-3-7-14(12)16/h2-3,6-7,13,17H,1,4-5,8-11H2,(H,18,19). The van der Waals surface area contributed by atoms with Crippen molar-refractivity contribution in [1.82, 2.24) is 0 Å². The SMILES string of the molecule is O=C(O)C1CCN(CCCCCO)c2ccccc21. The van der Waals surface area contributed by atoms with Crippen molar-refractivity contribution in [2.75, 3.05) is 24.6 Å². The molecule has 104 valence electrons. The molecule has 0 spiro atoms. The van der Waals surface area contributed by atoms with Gasteiger partial charge in [0.1, 0.15) is 0 Å². The first-order valence-corrected chi connectivity index (χ1v) is 6.91. The van der Waals surface area contributed by atoms with Crippen LogP contribution in [0.4, 0.5) is 5.69 Å². The predicted molar refractivity (Wildman–Crippen MR) is 74.6 cm³/mol. The van der Waals surface area contributed by atoms with E-state index in [-0.39, 0.29) is 12.5 Å². The molecule has 0 saturated heterocycles. The minimum atomic E-state index is -0.729. The lowest BCUT2D eigenvalue weighted by Crippen LogP contribution is -2.34. The van der Waals surface area contributed by atoms with Gasteiger partial charge in [0.25, 0.3) is 0 Å². The van der Waals surface area contributed by atoms with Crippen LogP contribution in [0.1, 0.15) is 37.2 Å². The number of unbranched alkanes of at least 4 members (excludes halogenated alkanes) is 2. The molecule has 1 aromatic rings. The van der Waals surface area contributed by atoms with Crippen molar-refractivity contribution in [3.63, 3.8) is 0 Å². The first-order valence-electron chi connectivity index (χ1n) is 6.91. The molecule has 0 fully saturated rings. The van der Waals surface area contributed by atoms with Crippen LogP contribution in [0.3, 0.4) is 0 Å².